The molecule has 1 aromatic heterocycles. The van der Waals surface area contributed by atoms with E-state index in [4.69, 9.17) is 27.9 Å². The summed E-state index contributed by atoms with van der Waals surface area (Å²) in [5.41, 5.74) is 3.32. The number of nitro groups is 1. The fourth-order valence-corrected chi connectivity index (χ4v) is 3.77. The zero-order chi connectivity index (χ0) is 19.7. The Kier molecular flexibility index (Phi) is 5.07. The first-order valence-electron chi connectivity index (χ1n) is 8.59. The average Bonchev–Trinajstić information content (AvgIpc) is 2.70. The molecule has 28 heavy (non-hydrogen) atoms. The van der Waals surface area contributed by atoms with Crippen molar-refractivity contribution in [3.05, 3.63) is 86.1 Å². The predicted molar refractivity (Wildman–Crippen MR) is 109 cm³/mol. The number of anilines is 1. The van der Waals surface area contributed by atoms with Gasteiger partial charge in [-0.3, -0.25) is 15.1 Å². The van der Waals surface area contributed by atoms with Gasteiger partial charge in [0.25, 0.3) is 5.69 Å². The molecule has 0 fully saturated rings. The number of benzene rings is 2. The Morgan fingerprint density at radius 3 is 2.57 bits per heavy atom. The Morgan fingerprint density at radius 2 is 1.89 bits per heavy atom. The number of halogens is 2. The first-order valence-corrected chi connectivity index (χ1v) is 9.35. The molecule has 6 nitrogen and oxygen atoms in total. The first-order chi connectivity index (χ1) is 13.5. The van der Waals surface area contributed by atoms with Crippen LogP contribution < -0.4 is 9.64 Å². The van der Waals surface area contributed by atoms with E-state index in [2.05, 4.69) is 9.88 Å². The molecule has 1 aliphatic heterocycles. The van der Waals surface area contributed by atoms with Crippen molar-refractivity contribution in [3.63, 3.8) is 0 Å². The summed E-state index contributed by atoms with van der Waals surface area (Å²) in [6.07, 6.45) is 4.49. The Balaban J connectivity index is 1.56. The molecule has 0 aliphatic carbocycles. The van der Waals surface area contributed by atoms with Crippen LogP contribution in [0.15, 0.2) is 54.9 Å². The lowest BCUT2D eigenvalue weighted by molar-refractivity contribution is -0.384. The smallest absolute Gasteiger partial charge is 0.272 e. The minimum atomic E-state index is -0.547. The van der Waals surface area contributed by atoms with Crippen molar-refractivity contribution in [2.75, 3.05) is 11.4 Å². The second kappa shape index (κ2) is 7.66. The number of ether oxygens (including phenoxy) is 1. The lowest BCUT2D eigenvalue weighted by Gasteiger charge is -2.30. The Labute approximate surface area is 171 Å². The molecular weight excluding hydrogens is 401 g/mol. The topological polar surface area (TPSA) is 68.5 Å². The number of nitrogens with zero attached hydrogens (tertiary/aromatic N) is 3. The van der Waals surface area contributed by atoms with E-state index in [0.29, 0.717) is 5.75 Å². The van der Waals surface area contributed by atoms with Gasteiger partial charge >= 0.3 is 0 Å². The molecule has 142 valence electrons. The Hall–Kier alpha value is -2.83. The highest BCUT2D eigenvalue weighted by Gasteiger charge is 2.19. The third-order valence-corrected chi connectivity index (χ3v) is 5.18. The van der Waals surface area contributed by atoms with Gasteiger partial charge in [-0.1, -0.05) is 29.3 Å². The number of aromatic nitrogens is 1. The summed E-state index contributed by atoms with van der Waals surface area (Å²) in [6.45, 7) is 1.67. The van der Waals surface area contributed by atoms with E-state index in [0.717, 1.165) is 25.2 Å². The number of non-ortho nitro benzene ring substituents is 1. The van der Waals surface area contributed by atoms with E-state index in [1.54, 1.807) is 6.20 Å². The Morgan fingerprint density at radius 1 is 1.11 bits per heavy atom. The van der Waals surface area contributed by atoms with Crippen molar-refractivity contribution in [3.8, 4) is 11.5 Å². The molecule has 3 aromatic rings. The molecule has 0 unspecified atom stereocenters. The van der Waals surface area contributed by atoms with Crippen molar-refractivity contribution in [2.24, 2.45) is 0 Å². The largest absolute Gasteiger partial charge is 0.454 e. The second-order valence-electron chi connectivity index (χ2n) is 6.41. The van der Waals surface area contributed by atoms with E-state index >= 15 is 0 Å². The van der Waals surface area contributed by atoms with Gasteiger partial charge in [0.05, 0.1) is 26.9 Å². The molecule has 0 radical (unpaired) electrons. The molecule has 0 amide bonds. The van der Waals surface area contributed by atoms with Gasteiger partial charge in [0.2, 0.25) is 0 Å². The summed E-state index contributed by atoms with van der Waals surface area (Å²) >= 11 is 12.3. The molecule has 0 N–H and O–H groups in total. The van der Waals surface area contributed by atoms with Crippen molar-refractivity contribution in [1.82, 2.24) is 4.98 Å². The van der Waals surface area contributed by atoms with Crippen molar-refractivity contribution in [1.29, 1.82) is 0 Å². The molecule has 0 spiro atoms. The highest BCUT2D eigenvalue weighted by molar-refractivity contribution is 6.37. The number of pyridine rings is 1. The van der Waals surface area contributed by atoms with Crippen LogP contribution in [0.2, 0.25) is 10.0 Å². The van der Waals surface area contributed by atoms with Crippen LogP contribution in [0.1, 0.15) is 11.1 Å². The number of hydrogen-bond donors (Lipinski definition) is 0. The van der Waals surface area contributed by atoms with Crippen LogP contribution in [0, 0.1) is 10.1 Å². The van der Waals surface area contributed by atoms with E-state index in [1.165, 1.54) is 23.3 Å². The van der Waals surface area contributed by atoms with Crippen molar-refractivity contribution < 1.29 is 9.66 Å². The lowest BCUT2D eigenvalue weighted by atomic mass is 9.99. The van der Waals surface area contributed by atoms with Gasteiger partial charge in [-0.15, -0.1) is 0 Å². The van der Waals surface area contributed by atoms with Crippen LogP contribution in [0.3, 0.4) is 0 Å². The van der Waals surface area contributed by atoms with Crippen LogP contribution in [-0.2, 0) is 13.0 Å². The minimum Gasteiger partial charge on any atom is -0.454 e. The maximum atomic E-state index is 10.9. The van der Waals surface area contributed by atoms with Gasteiger partial charge in [0.1, 0.15) is 5.75 Å². The summed E-state index contributed by atoms with van der Waals surface area (Å²) in [7, 11) is 0. The molecule has 8 heteroatoms. The highest BCUT2D eigenvalue weighted by Crippen LogP contribution is 2.40. The van der Waals surface area contributed by atoms with E-state index in [1.807, 2.05) is 36.5 Å². The van der Waals surface area contributed by atoms with Gasteiger partial charge in [0, 0.05) is 31.4 Å². The molecule has 2 aromatic carbocycles. The third kappa shape index (κ3) is 3.74. The number of rotatable bonds is 4. The maximum absolute atomic E-state index is 10.9. The Bertz CT molecular complexity index is 1020. The summed E-state index contributed by atoms with van der Waals surface area (Å²) in [5, 5.41) is 11.1. The molecular formula is C20H15Cl2N3O3. The fourth-order valence-electron chi connectivity index (χ4n) is 3.22. The number of nitro benzene ring substituents is 1. The second-order valence-corrected chi connectivity index (χ2v) is 7.23. The molecule has 2 heterocycles. The quantitative estimate of drug-likeness (QED) is 0.406. The van der Waals surface area contributed by atoms with Crippen molar-refractivity contribution >= 4 is 34.6 Å². The van der Waals surface area contributed by atoms with Crippen molar-refractivity contribution in [2.45, 2.75) is 13.0 Å². The maximum Gasteiger partial charge on any atom is 0.272 e. The molecule has 4 rings (SSSR count). The highest BCUT2D eigenvalue weighted by atomic mass is 35.5. The minimum absolute atomic E-state index is 0.0969. The normalized spacial score (nSPS) is 13.1. The van der Waals surface area contributed by atoms with Gasteiger partial charge < -0.3 is 9.64 Å². The standard InChI is InChI=1S/C20H15Cl2N3O3/c21-18-9-16(25(26)27)10-19(22)20(18)28-17-4-3-14-12-24(7-5-13(14)8-17)15-2-1-6-23-11-15/h1-4,6,8-11H,5,7,12H2. The van der Waals surface area contributed by atoms with E-state index < -0.39 is 4.92 Å². The zero-order valence-electron chi connectivity index (χ0n) is 14.6. The first kappa shape index (κ1) is 18.5. The molecule has 0 bridgehead atoms. The van der Waals surface area contributed by atoms with Gasteiger partial charge in [0.15, 0.2) is 5.75 Å². The van der Waals surface area contributed by atoms with Crippen LogP contribution in [0.5, 0.6) is 11.5 Å². The summed E-state index contributed by atoms with van der Waals surface area (Å²) in [4.78, 5) is 16.8. The van der Waals surface area contributed by atoms with Crippen LogP contribution in [0.25, 0.3) is 0 Å². The number of fused-ring (bicyclic) bond motifs is 1. The SMILES string of the molecule is O=[N+]([O-])c1cc(Cl)c(Oc2ccc3c(c2)CCN(c2cccnc2)C3)c(Cl)c1. The summed E-state index contributed by atoms with van der Waals surface area (Å²) < 4.78 is 5.84. The number of hydrogen-bond acceptors (Lipinski definition) is 5. The van der Waals surface area contributed by atoms with E-state index in [9.17, 15) is 10.1 Å². The molecule has 0 atom stereocenters. The molecule has 0 saturated carbocycles. The van der Waals surface area contributed by atoms with E-state index in [-0.39, 0.29) is 21.5 Å². The summed E-state index contributed by atoms with van der Waals surface area (Å²) in [5.74, 6) is 0.799. The molecule has 0 saturated heterocycles. The van der Waals surface area contributed by atoms with Gasteiger partial charge in [-0.2, -0.15) is 0 Å². The van der Waals surface area contributed by atoms with Gasteiger partial charge in [-0.05, 0) is 41.8 Å². The zero-order valence-corrected chi connectivity index (χ0v) is 16.2. The van der Waals surface area contributed by atoms with Gasteiger partial charge in [-0.25, -0.2) is 0 Å². The monoisotopic (exact) mass is 415 g/mol. The predicted octanol–water partition coefficient (Wildman–Crippen LogP) is 5.65. The third-order valence-electron chi connectivity index (χ3n) is 4.61. The molecule has 1 aliphatic rings. The average molecular weight is 416 g/mol. The van der Waals surface area contributed by atoms with Crippen LogP contribution in [0.4, 0.5) is 11.4 Å². The summed E-state index contributed by atoms with van der Waals surface area (Å²) in [6, 6.07) is 12.3. The van der Waals surface area contributed by atoms with Crippen LogP contribution in [-0.4, -0.2) is 16.5 Å². The lowest BCUT2D eigenvalue weighted by Crippen LogP contribution is -2.30. The fraction of sp³-hybridized carbons (Fsp3) is 0.150. The van der Waals surface area contributed by atoms with Crippen LogP contribution >= 0.6 is 23.2 Å².